The molecule has 5 rings (SSSR count). The molecule has 55 heavy (non-hydrogen) atoms. The van der Waals surface area contributed by atoms with Gasteiger partial charge in [-0.3, -0.25) is 9.78 Å². The van der Waals surface area contributed by atoms with Gasteiger partial charge in [0.1, 0.15) is 0 Å². The molecule has 0 aliphatic heterocycles. The molecule has 0 bridgehead atoms. The number of aliphatic hydroxyl groups is 1. The van der Waals surface area contributed by atoms with E-state index in [9.17, 15) is 9.90 Å². The Morgan fingerprint density at radius 2 is 1.47 bits per heavy atom. The number of benzene rings is 3. The molecule has 0 saturated carbocycles. The first-order valence-electron chi connectivity index (χ1n) is 20.2. The van der Waals surface area contributed by atoms with E-state index in [1.54, 1.807) is 0 Å². The van der Waals surface area contributed by atoms with Gasteiger partial charge in [-0.25, -0.2) is 0 Å². The van der Waals surface area contributed by atoms with Crippen molar-refractivity contribution in [2.24, 2.45) is 11.8 Å². The Morgan fingerprint density at radius 1 is 0.891 bits per heavy atom. The third-order valence-electron chi connectivity index (χ3n) is 10.7. The molecule has 0 unspecified atom stereocenters. The number of fused-ring (bicyclic) bond motifs is 2. The number of aryl methyl sites for hydroxylation is 1. The molecule has 0 aliphatic rings. The summed E-state index contributed by atoms with van der Waals surface area (Å²) in [6.45, 7) is 31.9. The van der Waals surface area contributed by atoms with Crippen molar-refractivity contribution in [2.75, 3.05) is 0 Å². The summed E-state index contributed by atoms with van der Waals surface area (Å²) in [5.74, 6) is 0.547. The predicted octanol–water partition coefficient (Wildman–Crippen LogP) is 14.0. The largest absolute Gasteiger partial charge is 0.512 e. The van der Waals surface area contributed by atoms with Gasteiger partial charge in [-0.2, -0.15) is 0 Å². The van der Waals surface area contributed by atoms with Crippen LogP contribution in [0.2, 0.25) is 39.3 Å². The van der Waals surface area contributed by atoms with E-state index < -0.39 is 16.1 Å². The zero-order valence-electron chi connectivity index (χ0n) is 36.1. The van der Waals surface area contributed by atoms with Gasteiger partial charge in [-0.1, -0.05) is 146 Å². The molecule has 2 heterocycles. The molecule has 0 atom stereocenters. The van der Waals surface area contributed by atoms with E-state index in [0.29, 0.717) is 0 Å². The molecule has 3 nitrogen and oxygen atoms in total. The van der Waals surface area contributed by atoms with Crippen molar-refractivity contribution < 1.29 is 30.0 Å². The van der Waals surface area contributed by atoms with E-state index in [-0.39, 0.29) is 48.9 Å². The van der Waals surface area contributed by atoms with Crippen molar-refractivity contribution in [2.45, 2.75) is 132 Å². The number of aromatic nitrogens is 1. The molecule has 7 heteroatoms. The second-order valence-electron chi connectivity index (χ2n) is 18.3. The zero-order valence-corrected chi connectivity index (χ0v) is 41.3. The first-order chi connectivity index (χ1) is 25.2. The van der Waals surface area contributed by atoms with Crippen LogP contribution >= 0.6 is 11.3 Å². The Morgan fingerprint density at radius 3 is 2.00 bits per heavy atom. The summed E-state index contributed by atoms with van der Waals surface area (Å²) in [4.78, 5) is 18.3. The zero-order chi connectivity index (χ0) is 40.2. The average molecular weight is 970 g/mol. The van der Waals surface area contributed by atoms with Crippen LogP contribution in [0.15, 0.2) is 72.6 Å². The molecule has 3 aromatic carbocycles. The van der Waals surface area contributed by atoms with Crippen LogP contribution in [0.3, 0.4) is 0 Å². The number of rotatable bonds is 12. The van der Waals surface area contributed by atoms with Crippen molar-refractivity contribution in [3.05, 3.63) is 95.4 Å². The monoisotopic (exact) mass is 969 g/mol. The number of hydrogen-bond donors (Lipinski definition) is 1. The minimum absolute atomic E-state index is 0. The SMILES string of the molecule is CCC(CC)C(=O)/C=C(\O)C(CC)CC.Cc1c(-c2ccc([Si](C)(C)C)cc2)sc2c(-c3[c-]c4ccccc4c(C(C)(C)C)c3)ncc(C[Si](C)(C)C)c12.[Ir]. The van der Waals surface area contributed by atoms with Gasteiger partial charge >= 0.3 is 0 Å². The minimum Gasteiger partial charge on any atom is -0.512 e. The van der Waals surface area contributed by atoms with Gasteiger partial charge in [0, 0.05) is 67.6 Å². The first-order valence-corrected chi connectivity index (χ1v) is 28.2. The molecule has 299 valence electrons. The summed E-state index contributed by atoms with van der Waals surface area (Å²) in [5.41, 5.74) is 7.66. The smallest absolute Gasteiger partial charge is 0.162 e. The Hall–Kier alpha value is -2.68. The van der Waals surface area contributed by atoms with Gasteiger partial charge in [0.15, 0.2) is 5.78 Å². The quantitative estimate of drug-likeness (QED) is 0.0587. The molecular formula is C48H66IrNO2SSi2-. The number of allylic oxidation sites excluding steroid dienone is 2. The number of pyridine rings is 1. The molecule has 2 aromatic heterocycles. The maximum absolute atomic E-state index is 11.7. The second-order valence-corrected chi connectivity index (χ2v) is 29.9. The molecule has 1 radical (unpaired) electrons. The van der Waals surface area contributed by atoms with Gasteiger partial charge in [0.25, 0.3) is 0 Å². The first kappa shape index (κ1) is 46.7. The minimum atomic E-state index is -1.34. The number of nitrogens with zero attached hydrogens (tertiary/aromatic N) is 1. The third kappa shape index (κ3) is 11.5. The topological polar surface area (TPSA) is 50.2 Å². The maximum Gasteiger partial charge on any atom is 0.162 e. The summed E-state index contributed by atoms with van der Waals surface area (Å²) in [6.07, 6.45) is 7.08. The van der Waals surface area contributed by atoms with E-state index in [1.165, 1.54) is 53.9 Å². The fourth-order valence-electron chi connectivity index (χ4n) is 7.38. The van der Waals surface area contributed by atoms with Crippen molar-refractivity contribution in [1.82, 2.24) is 4.98 Å². The summed E-state index contributed by atoms with van der Waals surface area (Å²) in [6, 6.07) is 25.3. The molecule has 0 spiro atoms. The van der Waals surface area contributed by atoms with E-state index in [2.05, 4.69) is 134 Å². The Bertz CT molecular complexity index is 2090. The van der Waals surface area contributed by atoms with E-state index in [0.717, 1.165) is 48.4 Å². The molecule has 1 N–H and O–H groups in total. The van der Waals surface area contributed by atoms with Gasteiger partial charge in [-0.15, -0.1) is 40.5 Å². The fourth-order valence-corrected chi connectivity index (χ4v) is 11.3. The number of carbonyl (C=O) groups excluding carboxylic acids is 1. The molecular weight excluding hydrogens is 903 g/mol. The van der Waals surface area contributed by atoms with Crippen LogP contribution in [0.25, 0.3) is 42.6 Å². The second kappa shape index (κ2) is 19.2. The van der Waals surface area contributed by atoms with E-state index in [1.807, 2.05) is 39.0 Å². The molecule has 5 aromatic rings. The Kier molecular flexibility index (Phi) is 16.3. The van der Waals surface area contributed by atoms with Crippen molar-refractivity contribution in [1.29, 1.82) is 0 Å². The Balaban J connectivity index is 0.000000433. The summed E-state index contributed by atoms with van der Waals surface area (Å²) in [7, 11) is -2.68. The van der Waals surface area contributed by atoms with Crippen LogP contribution in [0, 0.1) is 24.8 Å². The summed E-state index contributed by atoms with van der Waals surface area (Å²) in [5, 5.41) is 15.1. The standard InChI is InChI=1S/C35H42NSSi2.C13H24O2.Ir/c1-23-31-27(22-38(5,6)7)21-36-32(26-19-25-13-11-12-14-29(25)30(20-26)35(2,3)4)34(31)37-33(23)24-15-17-28(18-16-24)39(8,9)10;1-5-10(6-2)12(14)9-13(15)11(7-3)8-4;/h11-18,20-21H,22H2,1-10H3;9-11,14H,5-8H2,1-4H3;/q-1;;/b;12-9-;. The van der Waals surface area contributed by atoms with E-state index in [4.69, 9.17) is 4.98 Å². The summed E-state index contributed by atoms with van der Waals surface area (Å²) < 4.78 is 1.30. The molecule has 0 amide bonds. The number of aliphatic hydroxyl groups excluding tert-OH is 1. The summed E-state index contributed by atoms with van der Waals surface area (Å²) >= 11 is 1.91. The fraction of sp³-hybridized carbons (Fsp3) is 0.458. The van der Waals surface area contributed by atoms with Gasteiger partial charge in [-0.05, 0) is 66.1 Å². The van der Waals surface area contributed by atoms with Crippen molar-refractivity contribution in [3.63, 3.8) is 0 Å². The van der Waals surface area contributed by atoms with Crippen molar-refractivity contribution >= 4 is 59.3 Å². The molecule has 0 fully saturated rings. The number of carbonyl (C=O) groups is 1. The van der Waals surface area contributed by atoms with Crippen LogP contribution in [0.4, 0.5) is 0 Å². The van der Waals surface area contributed by atoms with Crippen LogP contribution in [-0.4, -0.2) is 32.0 Å². The van der Waals surface area contributed by atoms with Crippen molar-refractivity contribution in [3.8, 4) is 21.7 Å². The van der Waals surface area contributed by atoms with Crippen LogP contribution in [0.5, 0.6) is 0 Å². The van der Waals surface area contributed by atoms with E-state index >= 15 is 0 Å². The normalized spacial score (nSPS) is 12.6. The Labute approximate surface area is 352 Å². The predicted molar refractivity (Wildman–Crippen MR) is 244 cm³/mol. The molecule has 0 saturated heterocycles. The number of thiophene rings is 1. The number of ketones is 1. The van der Waals surface area contributed by atoms with Gasteiger partial charge in [0.05, 0.1) is 13.8 Å². The van der Waals surface area contributed by atoms with Crippen LogP contribution < -0.4 is 5.19 Å². The van der Waals surface area contributed by atoms with Crippen LogP contribution in [-0.2, 0) is 36.4 Å². The maximum atomic E-state index is 11.7. The average Bonchev–Trinajstić information content (AvgIpc) is 3.45. The van der Waals surface area contributed by atoms with Gasteiger partial charge < -0.3 is 5.11 Å². The van der Waals surface area contributed by atoms with Gasteiger partial charge in [0.2, 0.25) is 0 Å². The number of hydrogen-bond acceptors (Lipinski definition) is 4. The third-order valence-corrected chi connectivity index (χ3v) is 15.5. The molecule has 0 aliphatic carbocycles. The van der Waals surface area contributed by atoms with Crippen LogP contribution in [0.1, 0.15) is 90.8 Å².